The molecule has 1 N–H and O–H groups in total. The molecule has 0 unspecified atom stereocenters. The Morgan fingerprint density at radius 3 is 2.13 bits per heavy atom. The van der Waals surface area contributed by atoms with Gasteiger partial charge in [0.15, 0.2) is 0 Å². The summed E-state index contributed by atoms with van der Waals surface area (Å²) in [5, 5.41) is 10.9. The maximum Gasteiger partial charge on any atom is 0.280 e. The highest BCUT2D eigenvalue weighted by atomic mass is 19.3. The minimum atomic E-state index is -3.26. The Morgan fingerprint density at radius 1 is 1.00 bits per heavy atom. The third kappa shape index (κ3) is 6.35. The van der Waals surface area contributed by atoms with Gasteiger partial charge in [-0.3, -0.25) is 9.59 Å². The summed E-state index contributed by atoms with van der Waals surface area (Å²) in [5.74, 6) is 0.361. The minimum absolute atomic E-state index is 0.00723. The van der Waals surface area contributed by atoms with Crippen LogP contribution in [0.15, 0.2) is 48.5 Å². The topological polar surface area (TPSA) is 73.3 Å². The van der Waals surface area contributed by atoms with Crippen molar-refractivity contribution < 1.29 is 28.2 Å². The third-order valence-corrected chi connectivity index (χ3v) is 8.22. The van der Waals surface area contributed by atoms with Crippen LogP contribution in [0.25, 0.3) is 0 Å². The van der Waals surface area contributed by atoms with Crippen molar-refractivity contribution in [2.45, 2.75) is 44.1 Å². The van der Waals surface area contributed by atoms with Crippen LogP contribution in [0.2, 0.25) is 0 Å². The van der Waals surface area contributed by atoms with Gasteiger partial charge in [0.25, 0.3) is 18.2 Å². The Balaban J connectivity index is 1.27. The molecule has 0 radical (unpaired) electrons. The van der Waals surface area contributed by atoms with E-state index in [1.165, 1.54) is 30.2 Å². The van der Waals surface area contributed by atoms with Crippen molar-refractivity contribution in [3.05, 3.63) is 59.7 Å². The van der Waals surface area contributed by atoms with Gasteiger partial charge in [0.1, 0.15) is 5.75 Å². The van der Waals surface area contributed by atoms with Crippen molar-refractivity contribution >= 4 is 17.5 Å². The van der Waals surface area contributed by atoms with Gasteiger partial charge in [0.2, 0.25) is 5.60 Å². The molecule has 212 valence electrons. The number of aliphatic hydroxyl groups is 1. The SMILES string of the molecule is COc1cccc([C@@](O)(C(=O)N2CCC(CC3CCN(c4ccc(C(=O)N(C)C)cc4)CC3)CC2)C(F)F)c1. The fourth-order valence-electron chi connectivity index (χ4n) is 5.79. The fraction of sp³-hybridized carbons (Fsp3) is 0.533. The molecule has 2 heterocycles. The van der Waals surface area contributed by atoms with Gasteiger partial charge in [-0.1, -0.05) is 12.1 Å². The minimum Gasteiger partial charge on any atom is -0.497 e. The first kappa shape index (κ1) is 28.8. The van der Waals surface area contributed by atoms with Crippen LogP contribution < -0.4 is 9.64 Å². The van der Waals surface area contributed by atoms with E-state index >= 15 is 0 Å². The van der Waals surface area contributed by atoms with E-state index in [1.54, 1.807) is 25.1 Å². The fourth-order valence-corrected chi connectivity index (χ4v) is 5.79. The molecule has 0 spiro atoms. The number of alkyl halides is 2. The second-order valence-corrected chi connectivity index (χ2v) is 10.9. The van der Waals surface area contributed by atoms with Crippen LogP contribution >= 0.6 is 0 Å². The molecule has 2 fully saturated rings. The first-order chi connectivity index (χ1) is 18.6. The van der Waals surface area contributed by atoms with Crippen LogP contribution in [-0.4, -0.2) is 80.5 Å². The number of ether oxygens (including phenoxy) is 1. The van der Waals surface area contributed by atoms with Crippen molar-refractivity contribution in [3.8, 4) is 5.75 Å². The van der Waals surface area contributed by atoms with E-state index in [2.05, 4.69) is 4.90 Å². The lowest BCUT2D eigenvalue weighted by molar-refractivity contribution is -0.173. The quantitative estimate of drug-likeness (QED) is 0.535. The number of halogens is 2. The average molecular weight is 544 g/mol. The summed E-state index contributed by atoms with van der Waals surface area (Å²) in [4.78, 5) is 30.6. The summed E-state index contributed by atoms with van der Waals surface area (Å²) >= 11 is 0. The van der Waals surface area contributed by atoms with Gasteiger partial charge in [-0.2, -0.15) is 0 Å². The van der Waals surface area contributed by atoms with Gasteiger partial charge >= 0.3 is 0 Å². The number of rotatable bonds is 8. The van der Waals surface area contributed by atoms with E-state index in [1.807, 2.05) is 24.3 Å². The average Bonchev–Trinajstić information content (AvgIpc) is 2.96. The largest absolute Gasteiger partial charge is 0.497 e. The molecule has 2 aliphatic rings. The number of piperidine rings is 2. The highest BCUT2D eigenvalue weighted by molar-refractivity contribution is 5.94. The summed E-state index contributed by atoms with van der Waals surface area (Å²) in [7, 11) is 4.90. The smallest absolute Gasteiger partial charge is 0.280 e. The van der Waals surface area contributed by atoms with E-state index in [9.17, 15) is 23.5 Å². The number of anilines is 1. The Morgan fingerprint density at radius 2 is 1.59 bits per heavy atom. The lowest BCUT2D eigenvalue weighted by atomic mass is 9.82. The number of amides is 2. The summed E-state index contributed by atoms with van der Waals surface area (Å²) in [6.07, 6.45) is 1.41. The van der Waals surface area contributed by atoms with Crippen LogP contribution in [-0.2, 0) is 10.4 Å². The predicted molar refractivity (Wildman–Crippen MR) is 146 cm³/mol. The molecule has 0 bridgehead atoms. The molecule has 0 saturated carbocycles. The van der Waals surface area contributed by atoms with E-state index < -0.39 is 17.9 Å². The number of hydrogen-bond acceptors (Lipinski definition) is 5. The molecule has 2 aliphatic heterocycles. The molecule has 2 saturated heterocycles. The first-order valence-electron chi connectivity index (χ1n) is 13.6. The number of hydrogen-bond donors (Lipinski definition) is 1. The predicted octanol–water partition coefficient (Wildman–Crippen LogP) is 4.40. The summed E-state index contributed by atoms with van der Waals surface area (Å²) in [5.41, 5.74) is -1.25. The van der Waals surface area contributed by atoms with Gasteiger partial charge in [-0.25, -0.2) is 8.78 Å². The summed E-state index contributed by atoms with van der Waals surface area (Å²) in [6.45, 7) is 2.62. The van der Waals surface area contributed by atoms with E-state index in [4.69, 9.17) is 4.74 Å². The molecule has 4 rings (SSSR count). The lowest BCUT2D eigenvalue weighted by Gasteiger charge is -2.39. The standard InChI is InChI=1S/C30H39F2N3O4/c1-33(2)27(36)23-7-9-25(10-8-23)34-15-11-21(12-16-34)19-22-13-17-35(18-14-22)29(37)30(38,28(31)32)24-5-4-6-26(20-24)39-3/h4-10,20-22,28,38H,11-19H2,1-3H3/t30-/m0/s1. The normalized spacial score (nSPS) is 18.6. The van der Waals surface area contributed by atoms with Gasteiger partial charge < -0.3 is 24.5 Å². The van der Waals surface area contributed by atoms with Crippen molar-refractivity contribution in [2.24, 2.45) is 11.8 Å². The van der Waals surface area contributed by atoms with Crippen LogP contribution in [0.5, 0.6) is 5.75 Å². The molecule has 2 aromatic carbocycles. The third-order valence-electron chi connectivity index (χ3n) is 8.22. The highest BCUT2D eigenvalue weighted by Gasteiger charge is 2.50. The number of likely N-dealkylation sites (tertiary alicyclic amines) is 1. The van der Waals surface area contributed by atoms with Crippen molar-refractivity contribution in [1.82, 2.24) is 9.80 Å². The monoisotopic (exact) mass is 543 g/mol. The molecule has 9 heteroatoms. The van der Waals surface area contributed by atoms with Crippen LogP contribution in [0.4, 0.5) is 14.5 Å². The van der Waals surface area contributed by atoms with Gasteiger partial charge in [0.05, 0.1) is 7.11 Å². The zero-order valence-corrected chi connectivity index (χ0v) is 23.0. The Kier molecular flexibility index (Phi) is 9.10. The molecule has 39 heavy (non-hydrogen) atoms. The van der Waals surface area contributed by atoms with E-state index in [0.29, 0.717) is 36.2 Å². The summed E-state index contributed by atoms with van der Waals surface area (Å²) < 4.78 is 33.3. The summed E-state index contributed by atoms with van der Waals surface area (Å²) in [6, 6.07) is 13.5. The molecular formula is C30H39F2N3O4. The Labute approximate surface area is 229 Å². The maximum atomic E-state index is 14.1. The molecular weight excluding hydrogens is 504 g/mol. The number of methoxy groups -OCH3 is 1. The molecule has 2 aromatic rings. The van der Waals surface area contributed by atoms with Crippen LogP contribution in [0.1, 0.15) is 48.0 Å². The zero-order chi connectivity index (χ0) is 28.2. The van der Waals surface area contributed by atoms with E-state index in [-0.39, 0.29) is 11.5 Å². The zero-order valence-electron chi connectivity index (χ0n) is 23.0. The van der Waals surface area contributed by atoms with Crippen molar-refractivity contribution in [1.29, 1.82) is 0 Å². The van der Waals surface area contributed by atoms with Gasteiger partial charge in [-0.15, -0.1) is 0 Å². The van der Waals surface area contributed by atoms with E-state index in [0.717, 1.165) is 50.9 Å². The second kappa shape index (κ2) is 12.3. The van der Waals surface area contributed by atoms with Crippen molar-refractivity contribution in [2.75, 3.05) is 52.3 Å². The molecule has 0 aliphatic carbocycles. The maximum absolute atomic E-state index is 14.1. The first-order valence-corrected chi connectivity index (χ1v) is 13.6. The Bertz CT molecular complexity index is 1130. The van der Waals surface area contributed by atoms with Crippen molar-refractivity contribution in [3.63, 3.8) is 0 Å². The molecule has 1 atom stereocenters. The van der Waals surface area contributed by atoms with Gasteiger partial charge in [0, 0.05) is 57.1 Å². The number of nitrogens with zero attached hydrogens (tertiary/aromatic N) is 3. The highest BCUT2D eigenvalue weighted by Crippen LogP contribution is 2.36. The molecule has 0 aromatic heterocycles. The second-order valence-electron chi connectivity index (χ2n) is 10.9. The number of benzene rings is 2. The van der Waals surface area contributed by atoms with Crippen LogP contribution in [0, 0.1) is 11.8 Å². The number of carbonyl (C=O) groups is 2. The lowest BCUT2D eigenvalue weighted by Crippen LogP contribution is -2.53. The molecule has 7 nitrogen and oxygen atoms in total. The molecule has 2 amide bonds. The van der Waals surface area contributed by atoms with Crippen LogP contribution in [0.3, 0.4) is 0 Å². The number of carbonyl (C=O) groups excluding carboxylic acids is 2. The Hall–Kier alpha value is -3.20. The van der Waals surface area contributed by atoms with Gasteiger partial charge in [-0.05, 0) is 80.3 Å².